The Morgan fingerprint density at radius 2 is 1.75 bits per heavy atom. The third kappa shape index (κ3) is 5.73. The molecule has 1 unspecified atom stereocenters. The highest BCUT2D eigenvalue weighted by atomic mass is 16.6. The second-order valence-corrected chi connectivity index (χ2v) is 5.08. The van der Waals surface area contributed by atoms with Crippen LogP contribution in [-0.4, -0.2) is 23.5 Å². The van der Waals surface area contributed by atoms with E-state index < -0.39 is 17.7 Å². The fraction of sp³-hybridized carbons (Fsp3) is 0.833. The minimum Gasteiger partial charge on any atom is -0.444 e. The van der Waals surface area contributed by atoms with Crippen molar-refractivity contribution >= 4 is 11.9 Å². The summed E-state index contributed by atoms with van der Waals surface area (Å²) in [4.78, 5) is 23.1. The number of alkyl carbamates (subject to hydrolysis) is 1. The molecule has 0 aromatic rings. The van der Waals surface area contributed by atoms with Crippen molar-refractivity contribution in [3.63, 3.8) is 0 Å². The molecule has 0 aliphatic carbocycles. The van der Waals surface area contributed by atoms with Crippen molar-refractivity contribution in [3.8, 4) is 0 Å². The first-order valence-electron chi connectivity index (χ1n) is 5.70. The molecule has 0 bridgehead atoms. The molecule has 4 nitrogen and oxygen atoms in total. The third-order valence-electron chi connectivity index (χ3n) is 2.26. The summed E-state index contributed by atoms with van der Waals surface area (Å²) in [6.07, 6.45) is 0.232. The van der Waals surface area contributed by atoms with E-state index in [9.17, 15) is 9.59 Å². The van der Waals surface area contributed by atoms with Crippen molar-refractivity contribution in [2.75, 3.05) is 0 Å². The van der Waals surface area contributed by atoms with Gasteiger partial charge in [0.2, 0.25) is 0 Å². The molecule has 1 amide bonds. The quantitative estimate of drug-likeness (QED) is 0.805. The Morgan fingerprint density at radius 1 is 1.25 bits per heavy atom. The second kappa shape index (κ2) is 5.87. The van der Waals surface area contributed by atoms with Crippen LogP contribution in [0.15, 0.2) is 0 Å². The number of amides is 1. The molecular weight excluding hydrogens is 206 g/mol. The lowest BCUT2D eigenvalue weighted by Crippen LogP contribution is -2.43. The molecular formula is C12H23NO3. The van der Waals surface area contributed by atoms with Gasteiger partial charge in [-0.05, 0) is 34.1 Å². The Kier molecular flexibility index (Phi) is 5.48. The van der Waals surface area contributed by atoms with E-state index >= 15 is 0 Å². The summed E-state index contributed by atoms with van der Waals surface area (Å²) in [7, 11) is 0. The number of Topliss-reactive ketones (excluding diaryl/α,β-unsaturated/α-hetero) is 1. The molecule has 0 saturated carbocycles. The van der Waals surface area contributed by atoms with Crippen molar-refractivity contribution in [3.05, 3.63) is 0 Å². The summed E-state index contributed by atoms with van der Waals surface area (Å²) in [5.74, 6) is -0.00158. The maximum atomic E-state index is 11.7. The smallest absolute Gasteiger partial charge is 0.408 e. The number of carbonyl (C=O) groups excluding carboxylic acids is 2. The largest absolute Gasteiger partial charge is 0.444 e. The average Bonchev–Trinajstić information content (AvgIpc) is 2.12. The van der Waals surface area contributed by atoms with E-state index in [2.05, 4.69) is 5.32 Å². The summed E-state index contributed by atoms with van der Waals surface area (Å²) < 4.78 is 5.07. The monoisotopic (exact) mass is 229 g/mol. The van der Waals surface area contributed by atoms with Gasteiger partial charge in [0.25, 0.3) is 0 Å². The van der Waals surface area contributed by atoms with E-state index in [1.54, 1.807) is 27.7 Å². The number of carbonyl (C=O) groups is 2. The fourth-order valence-electron chi connectivity index (χ4n) is 1.18. The van der Waals surface area contributed by atoms with E-state index in [-0.39, 0.29) is 11.7 Å². The SMILES string of the molecule is CCC(C)C(=O)[C@H](C)NC(=O)OC(C)(C)C. The molecule has 0 heterocycles. The minimum atomic E-state index is -0.545. The van der Waals surface area contributed by atoms with Crippen LogP contribution < -0.4 is 5.32 Å². The first-order chi connectivity index (χ1) is 7.17. The van der Waals surface area contributed by atoms with Gasteiger partial charge in [-0.2, -0.15) is 0 Å². The van der Waals surface area contributed by atoms with Crippen LogP contribution in [0.1, 0.15) is 48.0 Å². The standard InChI is InChI=1S/C12H23NO3/c1-7-8(2)10(14)9(3)13-11(15)16-12(4,5)6/h8-9H,7H2,1-6H3,(H,13,15)/t8?,9-/m0/s1. The Hall–Kier alpha value is -1.06. The average molecular weight is 229 g/mol. The molecule has 0 rings (SSSR count). The van der Waals surface area contributed by atoms with Gasteiger partial charge in [-0.25, -0.2) is 4.79 Å². The van der Waals surface area contributed by atoms with Crippen molar-refractivity contribution < 1.29 is 14.3 Å². The number of rotatable bonds is 4. The van der Waals surface area contributed by atoms with E-state index in [0.29, 0.717) is 0 Å². The Morgan fingerprint density at radius 3 is 2.12 bits per heavy atom. The lowest BCUT2D eigenvalue weighted by molar-refractivity contribution is -0.124. The highest BCUT2D eigenvalue weighted by Gasteiger charge is 2.23. The molecule has 4 heteroatoms. The van der Waals surface area contributed by atoms with Gasteiger partial charge in [-0.15, -0.1) is 0 Å². The van der Waals surface area contributed by atoms with Crippen molar-refractivity contribution in [1.29, 1.82) is 0 Å². The Labute approximate surface area is 97.7 Å². The molecule has 16 heavy (non-hydrogen) atoms. The van der Waals surface area contributed by atoms with Gasteiger partial charge in [0, 0.05) is 5.92 Å². The van der Waals surface area contributed by atoms with E-state index in [4.69, 9.17) is 4.74 Å². The number of ether oxygens (including phenoxy) is 1. The van der Waals surface area contributed by atoms with Crippen molar-refractivity contribution in [2.24, 2.45) is 5.92 Å². The third-order valence-corrected chi connectivity index (χ3v) is 2.26. The predicted molar refractivity (Wildman–Crippen MR) is 63.3 cm³/mol. The molecule has 2 atom stereocenters. The summed E-state index contributed by atoms with van der Waals surface area (Å²) in [6.45, 7) is 10.8. The van der Waals surface area contributed by atoms with E-state index in [1.807, 2.05) is 13.8 Å². The normalized spacial score (nSPS) is 15.1. The van der Waals surface area contributed by atoms with Crippen LogP contribution >= 0.6 is 0 Å². The van der Waals surface area contributed by atoms with Crippen molar-refractivity contribution in [2.45, 2.75) is 59.6 Å². The van der Waals surface area contributed by atoms with Crippen LogP contribution in [0.4, 0.5) is 4.79 Å². The van der Waals surface area contributed by atoms with Gasteiger partial charge in [0.1, 0.15) is 5.60 Å². The van der Waals surface area contributed by atoms with Crippen LogP contribution in [-0.2, 0) is 9.53 Å². The summed E-state index contributed by atoms with van der Waals surface area (Å²) in [6, 6.07) is -0.496. The molecule has 0 saturated heterocycles. The maximum Gasteiger partial charge on any atom is 0.408 e. The van der Waals surface area contributed by atoms with E-state index in [0.717, 1.165) is 6.42 Å². The van der Waals surface area contributed by atoms with Gasteiger partial charge in [-0.3, -0.25) is 4.79 Å². The minimum absolute atomic E-state index is 0.0355. The molecule has 0 fully saturated rings. The van der Waals surface area contributed by atoms with Gasteiger partial charge < -0.3 is 10.1 Å². The molecule has 94 valence electrons. The first-order valence-corrected chi connectivity index (χ1v) is 5.70. The van der Waals surface area contributed by atoms with Crippen LogP contribution in [0.25, 0.3) is 0 Å². The summed E-state index contributed by atoms with van der Waals surface area (Å²) in [5.41, 5.74) is -0.538. The van der Waals surface area contributed by atoms with Crippen LogP contribution in [0.2, 0.25) is 0 Å². The molecule has 0 aliphatic rings. The maximum absolute atomic E-state index is 11.7. The highest BCUT2D eigenvalue weighted by molar-refractivity contribution is 5.88. The van der Waals surface area contributed by atoms with E-state index in [1.165, 1.54) is 0 Å². The van der Waals surface area contributed by atoms with Gasteiger partial charge in [-0.1, -0.05) is 13.8 Å². The predicted octanol–water partition coefficient (Wildman–Crippen LogP) is 2.51. The highest BCUT2D eigenvalue weighted by Crippen LogP contribution is 2.08. The lowest BCUT2D eigenvalue weighted by atomic mass is 9.99. The molecule has 0 aromatic carbocycles. The number of ketones is 1. The number of hydrogen-bond donors (Lipinski definition) is 1. The van der Waals surface area contributed by atoms with Crippen molar-refractivity contribution in [1.82, 2.24) is 5.32 Å². The zero-order chi connectivity index (χ0) is 12.9. The molecule has 1 N–H and O–H groups in total. The zero-order valence-corrected chi connectivity index (χ0v) is 11.1. The Bertz CT molecular complexity index is 255. The molecule has 0 radical (unpaired) electrons. The van der Waals surface area contributed by atoms with Crippen LogP contribution in [0.5, 0.6) is 0 Å². The fourth-order valence-corrected chi connectivity index (χ4v) is 1.18. The van der Waals surface area contributed by atoms with Gasteiger partial charge in [0.05, 0.1) is 6.04 Å². The number of hydrogen-bond acceptors (Lipinski definition) is 3. The molecule has 0 spiro atoms. The molecule has 0 aliphatic heterocycles. The molecule has 0 aromatic heterocycles. The first kappa shape index (κ1) is 14.9. The number of nitrogens with one attached hydrogen (secondary N) is 1. The Balaban J connectivity index is 4.20. The van der Waals surface area contributed by atoms with Crippen LogP contribution in [0, 0.1) is 5.92 Å². The van der Waals surface area contributed by atoms with Crippen LogP contribution in [0.3, 0.4) is 0 Å². The zero-order valence-electron chi connectivity index (χ0n) is 11.1. The second-order valence-electron chi connectivity index (χ2n) is 5.08. The van der Waals surface area contributed by atoms with Gasteiger partial charge >= 0.3 is 6.09 Å². The van der Waals surface area contributed by atoms with Gasteiger partial charge in [0.15, 0.2) is 5.78 Å². The summed E-state index contributed by atoms with van der Waals surface area (Å²) in [5, 5.41) is 2.54. The summed E-state index contributed by atoms with van der Waals surface area (Å²) >= 11 is 0. The topological polar surface area (TPSA) is 55.4 Å². The lowest BCUT2D eigenvalue weighted by Gasteiger charge is -2.22.